The van der Waals surface area contributed by atoms with Crippen LogP contribution >= 0.6 is 0 Å². The van der Waals surface area contributed by atoms with Crippen molar-refractivity contribution >= 4 is 28.9 Å². The van der Waals surface area contributed by atoms with E-state index in [9.17, 15) is 10.1 Å². The lowest BCUT2D eigenvalue weighted by Crippen LogP contribution is -2.49. The standard InChI is InChI=1S/C26H29N3O2/c1-17(2)29-24-11-10-19(13-23(24)18(3)15-26(29,4)5)12-20(16-27)25(30)28-21-8-7-9-22(14-21)31-6/h7-15,17H,1-6H3,(H,28,30)/b20-12-. The van der Waals surface area contributed by atoms with Crippen molar-refractivity contribution in [1.29, 1.82) is 5.26 Å². The Morgan fingerprint density at radius 1 is 1.23 bits per heavy atom. The number of carbonyl (C=O) groups is 1. The maximum absolute atomic E-state index is 12.7. The van der Waals surface area contributed by atoms with Crippen LogP contribution in [0.3, 0.4) is 0 Å². The lowest BCUT2D eigenvalue weighted by atomic mass is 9.87. The normalized spacial score (nSPS) is 15.1. The van der Waals surface area contributed by atoms with Crippen LogP contribution in [0, 0.1) is 11.3 Å². The molecule has 0 unspecified atom stereocenters. The van der Waals surface area contributed by atoms with Gasteiger partial charge in [-0.2, -0.15) is 5.26 Å². The van der Waals surface area contributed by atoms with E-state index >= 15 is 0 Å². The molecule has 5 heteroatoms. The van der Waals surface area contributed by atoms with Gasteiger partial charge in [0.1, 0.15) is 17.4 Å². The molecule has 160 valence electrons. The lowest BCUT2D eigenvalue weighted by molar-refractivity contribution is -0.112. The van der Waals surface area contributed by atoms with Gasteiger partial charge in [0.25, 0.3) is 5.91 Å². The number of methoxy groups -OCH3 is 1. The van der Waals surface area contributed by atoms with Crippen LogP contribution in [-0.4, -0.2) is 24.6 Å². The second-order valence-electron chi connectivity index (χ2n) is 8.58. The molecule has 0 bridgehead atoms. The Balaban J connectivity index is 1.93. The molecule has 1 aliphatic rings. The monoisotopic (exact) mass is 415 g/mol. The van der Waals surface area contributed by atoms with Gasteiger partial charge >= 0.3 is 0 Å². The summed E-state index contributed by atoms with van der Waals surface area (Å²) in [5.74, 6) is 0.181. The van der Waals surface area contributed by atoms with Gasteiger partial charge in [0, 0.05) is 29.0 Å². The van der Waals surface area contributed by atoms with Crippen LogP contribution in [-0.2, 0) is 4.79 Å². The Hall–Kier alpha value is -3.52. The molecule has 0 aromatic heterocycles. The number of benzene rings is 2. The largest absolute Gasteiger partial charge is 0.497 e. The molecule has 0 fully saturated rings. The van der Waals surface area contributed by atoms with E-state index in [2.05, 4.69) is 57.0 Å². The fraction of sp³-hybridized carbons (Fsp3) is 0.308. The number of nitriles is 1. The summed E-state index contributed by atoms with van der Waals surface area (Å²) in [4.78, 5) is 15.1. The van der Waals surface area contributed by atoms with Gasteiger partial charge in [0.2, 0.25) is 0 Å². The molecule has 1 heterocycles. The SMILES string of the molecule is COc1cccc(NC(=O)/C(C#N)=C\c2ccc3c(c2)C(C)=CC(C)(C)N3C(C)C)c1. The zero-order valence-electron chi connectivity index (χ0n) is 19.0. The quantitative estimate of drug-likeness (QED) is 0.506. The van der Waals surface area contributed by atoms with Crippen molar-refractivity contribution in [2.45, 2.75) is 46.2 Å². The Bertz CT molecular complexity index is 1100. The van der Waals surface area contributed by atoms with Crippen molar-refractivity contribution in [2.24, 2.45) is 0 Å². The summed E-state index contributed by atoms with van der Waals surface area (Å²) < 4.78 is 5.18. The zero-order chi connectivity index (χ0) is 22.8. The fourth-order valence-corrected chi connectivity index (χ4v) is 4.32. The highest BCUT2D eigenvalue weighted by atomic mass is 16.5. The fourth-order valence-electron chi connectivity index (χ4n) is 4.32. The molecule has 2 aromatic rings. The molecule has 0 radical (unpaired) electrons. The van der Waals surface area contributed by atoms with Crippen molar-refractivity contribution in [3.05, 3.63) is 65.2 Å². The Labute approximate surface area is 184 Å². The molecule has 5 nitrogen and oxygen atoms in total. The van der Waals surface area contributed by atoms with Crippen LogP contribution in [0.2, 0.25) is 0 Å². The maximum atomic E-state index is 12.7. The first-order chi connectivity index (χ1) is 14.7. The van der Waals surface area contributed by atoms with Crippen LogP contribution in [0.15, 0.2) is 54.1 Å². The summed E-state index contributed by atoms with van der Waals surface area (Å²) in [6.07, 6.45) is 3.89. The molecule has 31 heavy (non-hydrogen) atoms. The van der Waals surface area contributed by atoms with Gasteiger partial charge in [-0.05, 0) is 76.1 Å². The molecule has 1 amide bonds. The van der Waals surface area contributed by atoms with E-state index in [4.69, 9.17) is 4.74 Å². The number of amides is 1. The third kappa shape index (κ3) is 4.64. The highest BCUT2D eigenvalue weighted by Gasteiger charge is 2.32. The summed E-state index contributed by atoms with van der Waals surface area (Å²) in [5.41, 5.74) is 4.81. The second kappa shape index (κ2) is 8.69. The maximum Gasteiger partial charge on any atom is 0.266 e. The molecule has 0 spiro atoms. The minimum absolute atomic E-state index is 0.0428. The molecule has 2 aromatic carbocycles. The predicted molar refractivity (Wildman–Crippen MR) is 127 cm³/mol. The number of ether oxygens (including phenoxy) is 1. The topological polar surface area (TPSA) is 65.4 Å². The number of fused-ring (bicyclic) bond motifs is 1. The number of anilines is 2. The molecule has 3 rings (SSSR count). The Kier molecular flexibility index (Phi) is 6.21. The van der Waals surface area contributed by atoms with E-state index in [0.29, 0.717) is 17.5 Å². The van der Waals surface area contributed by atoms with E-state index in [1.807, 2.05) is 18.2 Å². The van der Waals surface area contributed by atoms with Gasteiger partial charge in [-0.1, -0.05) is 18.2 Å². The number of hydrogen-bond donors (Lipinski definition) is 1. The van der Waals surface area contributed by atoms with Crippen molar-refractivity contribution < 1.29 is 9.53 Å². The van der Waals surface area contributed by atoms with Crippen LogP contribution < -0.4 is 15.0 Å². The van der Waals surface area contributed by atoms with Crippen LogP contribution in [0.5, 0.6) is 5.75 Å². The van der Waals surface area contributed by atoms with E-state index in [1.165, 1.54) is 5.57 Å². The second-order valence-corrected chi connectivity index (χ2v) is 8.58. The molecule has 0 aliphatic carbocycles. The number of nitrogens with one attached hydrogen (secondary N) is 1. The van der Waals surface area contributed by atoms with Gasteiger partial charge in [-0.15, -0.1) is 0 Å². The number of hydrogen-bond acceptors (Lipinski definition) is 4. The van der Waals surface area contributed by atoms with Gasteiger partial charge in [-0.25, -0.2) is 0 Å². The van der Waals surface area contributed by atoms with Crippen LogP contribution in [0.4, 0.5) is 11.4 Å². The van der Waals surface area contributed by atoms with E-state index in [1.54, 1.807) is 37.5 Å². The zero-order valence-corrected chi connectivity index (χ0v) is 19.0. The molecule has 0 saturated heterocycles. The van der Waals surface area contributed by atoms with E-state index in [-0.39, 0.29) is 11.1 Å². The third-order valence-electron chi connectivity index (χ3n) is 5.42. The van der Waals surface area contributed by atoms with Crippen molar-refractivity contribution in [2.75, 3.05) is 17.3 Å². The van der Waals surface area contributed by atoms with E-state index in [0.717, 1.165) is 16.8 Å². The first-order valence-corrected chi connectivity index (χ1v) is 10.4. The summed E-state index contributed by atoms with van der Waals surface area (Å²) in [7, 11) is 1.57. The molecule has 0 atom stereocenters. The van der Waals surface area contributed by atoms with Crippen LogP contribution in [0.1, 0.15) is 45.7 Å². The minimum atomic E-state index is -0.453. The number of rotatable bonds is 5. The predicted octanol–water partition coefficient (Wildman–Crippen LogP) is 5.65. The summed E-state index contributed by atoms with van der Waals surface area (Å²) in [5, 5.41) is 12.3. The van der Waals surface area contributed by atoms with Gasteiger partial charge in [-0.3, -0.25) is 4.79 Å². The third-order valence-corrected chi connectivity index (χ3v) is 5.42. The molecule has 1 N–H and O–H groups in total. The molecular weight excluding hydrogens is 386 g/mol. The highest BCUT2D eigenvalue weighted by molar-refractivity contribution is 6.09. The highest BCUT2D eigenvalue weighted by Crippen LogP contribution is 2.40. The summed E-state index contributed by atoms with van der Waals surface area (Å²) in [6, 6.07) is 15.5. The Morgan fingerprint density at radius 2 is 1.97 bits per heavy atom. The van der Waals surface area contributed by atoms with Gasteiger partial charge < -0.3 is 15.0 Å². The Morgan fingerprint density at radius 3 is 2.61 bits per heavy atom. The van der Waals surface area contributed by atoms with Gasteiger partial charge in [0.05, 0.1) is 12.6 Å². The van der Waals surface area contributed by atoms with Gasteiger partial charge in [0.15, 0.2) is 0 Å². The van der Waals surface area contributed by atoms with Crippen molar-refractivity contribution in [1.82, 2.24) is 0 Å². The average molecular weight is 416 g/mol. The smallest absolute Gasteiger partial charge is 0.266 e. The first kappa shape index (κ1) is 22.2. The first-order valence-electron chi connectivity index (χ1n) is 10.4. The number of nitrogens with zero attached hydrogens (tertiary/aromatic N) is 2. The summed E-state index contributed by atoms with van der Waals surface area (Å²) >= 11 is 0. The molecular formula is C26H29N3O2. The summed E-state index contributed by atoms with van der Waals surface area (Å²) in [6.45, 7) is 10.9. The van der Waals surface area contributed by atoms with E-state index < -0.39 is 5.91 Å². The minimum Gasteiger partial charge on any atom is -0.497 e. The van der Waals surface area contributed by atoms with Crippen molar-refractivity contribution in [3.8, 4) is 11.8 Å². The average Bonchev–Trinajstić information content (AvgIpc) is 2.71. The van der Waals surface area contributed by atoms with Crippen LogP contribution in [0.25, 0.3) is 11.6 Å². The van der Waals surface area contributed by atoms with Crippen molar-refractivity contribution in [3.63, 3.8) is 0 Å². The number of carbonyl (C=O) groups excluding carboxylic acids is 1. The number of allylic oxidation sites excluding steroid dienone is 1. The lowest BCUT2D eigenvalue weighted by Gasteiger charge is -2.46. The molecule has 1 aliphatic heterocycles. The molecule has 0 saturated carbocycles.